The molecule has 4 aromatic carbocycles. The predicted octanol–water partition coefficient (Wildman–Crippen LogP) is 7.65. The zero-order chi connectivity index (χ0) is 32.1. The second kappa shape index (κ2) is 12.1. The number of fused-ring (bicyclic) bond motifs is 1. The SMILES string of the molecule is Cc1ccc([C@@H]2C[C@@H]3C(S(=O)(=O)c4ccc(C)cc4)[C@H](c4ccccc4F)CC(=O)[C@@H]3CC2S(=O)(=O)c2ccc(Cl)cc2)cc1. The summed E-state index contributed by atoms with van der Waals surface area (Å²) >= 11 is 6.07. The minimum absolute atomic E-state index is 0.0308. The second-order valence-electron chi connectivity index (χ2n) is 12.4. The number of sulfone groups is 2. The Labute approximate surface area is 269 Å². The van der Waals surface area contributed by atoms with Crippen LogP contribution in [0.1, 0.15) is 53.4 Å². The summed E-state index contributed by atoms with van der Waals surface area (Å²) in [6.45, 7) is 3.80. The van der Waals surface area contributed by atoms with Gasteiger partial charge in [0, 0.05) is 29.2 Å². The first-order valence-corrected chi connectivity index (χ1v) is 18.5. The summed E-state index contributed by atoms with van der Waals surface area (Å²) in [5, 5.41) is -1.70. The highest BCUT2D eigenvalue weighted by Gasteiger charge is 2.56. The van der Waals surface area contributed by atoms with Crippen molar-refractivity contribution in [3.8, 4) is 0 Å². The largest absolute Gasteiger partial charge is 0.299 e. The smallest absolute Gasteiger partial charge is 0.182 e. The van der Waals surface area contributed by atoms with Crippen molar-refractivity contribution in [3.63, 3.8) is 0 Å². The van der Waals surface area contributed by atoms with Gasteiger partial charge in [-0.3, -0.25) is 4.79 Å². The lowest BCUT2D eigenvalue weighted by Crippen LogP contribution is -2.53. The number of halogens is 2. The van der Waals surface area contributed by atoms with E-state index >= 15 is 4.39 Å². The van der Waals surface area contributed by atoms with Crippen LogP contribution in [0.5, 0.6) is 0 Å². The highest BCUT2D eigenvalue weighted by atomic mass is 35.5. The van der Waals surface area contributed by atoms with Crippen LogP contribution in [-0.4, -0.2) is 33.1 Å². The molecule has 0 aliphatic heterocycles. The van der Waals surface area contributed by atoms with Crippen LogP contribution < -0.4 is 0 Å². The molecule has 0 bridgehead atoms. The van der Waals surface area contributed by atoms with E-state index in [1.165, 1.54) is 36.4 Å². The topological polar surface area (TPSA) is 85.3 Å². The normalized spacial score (nSPS) is 25.5. The maximum atomic E-state index is 15.4. The summed E-state index contributed by atoms with van der Waals surface area (Å²) in [6.07, 6.45) is -0.0880. The summed E-state index contributed by atoms with van der Waals surface area (Å²) in [4.78, 5) is 14.2. The van der Waals surface area contributed by atoms with Crippen LogP contribution in [0.4, 0.5) is 4.39 Å². The molecule has 0 N–H and O–H groups in total. The maximum Gasteiger partial charge on any atom is 0.182 e. The van der Waals surface area contributed by atoms with Crippen molar-refractivity contribution in [2.24, 2.45) is 11.8 Å². The molecule has 0 spiro atoms. The average molecular weight is 665 g/mol. The third-order valence-corrected chi connectivity index (χ3v) is 14.5. The molecule has 0 heterocycles. The molecule has 2 aliphatic rings. The molecule has 45 heavy (non-hydrogen) atoms. The Kier molecular flexibility index (Phi) is 8.52. The number of hydrogen-bond donors (Lipinski definition) is 0. The Balaban J connectivity index is 1.52. The van der Waals surface area contributed by atoms with Gasteiger partial charge in [0.15, 0.2) is 19.7 Å². The van der Waals surface area contributed by atoms with Gasteiger partial charge in [-0.2, -0.15) is 0 Å². The van der Waals surface area contributed by atoms with Gasteiger partial charge in [-0.15, -0.1) is 0 Å². The van der Waals surface area contributed by atoms with Gasteiger partial charge in [0.2, 0.25) is 0 Å². The van der Waals surface area contributed by atoms with Crippen molar-refractivity contribution < 1.29 is 26.0 Å². The number of carbonyl (C=O) groups excluding carboxylic acids is 1. The maximum absolute atomic E-state index is 15.4. The Morgan fingerprint density at radius 2 is 1.22 bits per heavy atom. The fourth-order valence-electron chi connectivity index (χ4n) is 7.42. The first-order chi connectivity index (χ1) is 21.4. The van der Waals surface area contributed by atoms with Crippen molar-refractivity contribution in [2.75, 3.05) is 0 Å². The minimum Gasteiger partial charge on any atom is -0.299 e. The van der Waals surface area contributed by atoms with E-state index in [-0.39, 0.29) is 40.4 Å². The van der Waals surface area contributed by atoms with Crippen LogP contribution in [0.2, 0.25) is 5.02 Å². The van der Waals surface area contributed by atoms with Gasteiger partial charge in [0.25, 0.3) is 0 Å². The summed E-state index contributed by atoms with van der Waals surface area (Å²) in [5.74, 6) is -3.88. The van der Waals surface area contributed by atoms with E-state index in [2.05, 4.69) is 0 Å². The molecule has 0 radical (unpaired) electrons. The summed E-state index contributed by atoms with van der Waals surface area (Å²) in [5.41, 5.74) is 2.84. The number of Topliss-reactive ketones (excluding diaryl/α,β-unsaturated/α-hetero) is 1. The standard InChI is InChI=1S/C36H34ClFO5S2/c1-22-7-11-24(12-8-22)29-19-31-30(21-35(29)44(40,41)26-17-13-25(37)14-18-26)34(39)20-32(28-5-3-4-6-33(28)38)36(31)45(42,43)27-15-9-23(2)10-16-27/h3-18,29-32,35-36H,19-21H2,1-2H3/t29-,30+,31-,32-,35?,36?/m0/s1. The lowest BCUT2D eigenvalue weighted by molar-refractivity contribution is -0.128. The molecule has 6 atom stereocenters. The van der Waals surface area contributed by atoms with E-state index < -0.39 is 59.7 Å². The van der Waals surface area contributed by atoms with Crippen molar-refractivity contribution in [1.29, 1.82) is 0 Å². The summed E-state index contributed by atoms with van der Waals surface area (Å²) < 4.78 is 73.1. The van der Waals surface area contributed by atoms with E-state index in [0.29, 0.717) is 5.02 Å². The zero-order valence-corrected chi connectivity index (χ0v) is 27.3. The highest BCUT2D eigenvalue weighted by Crippen LogP contribution is 2.54. The Morgan fingerprint density at radius 1 is 0.667 bits per heavy atom. The number of ketones is 1. The zero-order valence-electron chi connectivity index (χ0n) is 24.9. The molecule has 0 saturated heterocycles. The molecule has 4 aromatic rings. The number of rotatable bonds is 6. The average Bonchev–Trinajstić information content (AvgIpc) is 3.01. The van der Waals surface area contributed by atoms with E-state index in [9.17, 15) is 21.6 Å². The van der Waals surface area contributed by atoms with Gasteiger partial charge in [0.05, 0.1) is 20.3 Å². The number of aryl methyl sites for hydroxylation is 2. The van der Waals surface area contributed by atoms with Crippen LogP contribution in [-0.2, 0) is 24.5 Å². The van der Waals surface area contributed by atoms with Gasteiger partial charge in [-0.25, -0.2) is 21.2 Å². The molecule has 9 heteroatoms. The van der Waals surface area contributed by atoms with E-state index in [1.807, 2.05) is 38.1 Å². The molecule has 234 valence electrons. The van der Waals surface area contributed by atoms with E-state index in [1.54, 1.807) is 36.4 Å². The quantitative estimate of drug-likeness (QED) is 0.211. The molecule has 2 fully saturated rings. The molecule has 5 nitrogen and oxygen atoms in total. The van der Waals surface area contributed by atoms with Crippen molar-refractivity contribution in [3.05, 3.63) is 130 Å². The molecule has 2 aliphatic carbocycles. The van der Waals surface area contributed by atoms with Gasteiger partial charge >= 0.3 is 0 Å². The minimum atomic E-state index is -4.09. The number of hydrogen-bond acceptors (Lipinski definition) is 5. The Bertz CT molecular complexity index is 1940. The van der Waals surface area contributed by atoms with Crippen LogP contribution in [0.25, 0.3) is 0 Å². The fourth-order valence-corrected chi connectivity index (χ4v) is 11.8. The lowest BCUT2D eigenvalue weighted by Gasteiger charge is -2.48. The molecule has 2 saturated carbocycles. The van der Waals surface area contributed by atoms with Gasteiger partial charge in [-0.05, 0) is 86.2 Å². The molecule has 0 aromatic heterocycles. The molecular formula is C36H34ClFO5S2. The van der Waals surface area contributed by atoms with Gasteiger partial charge in [0.1, 0.15) is 11.6 Å². The van der Waals surface area contributed by atoms with E-state index in [0.717, 1.165) is 16.7 Å². The Morgan fingerprint density at radius 3 is 1.84 bits per heavy atom. The van der Waals surface area contributed by atoms with Crippen molar-refractivity contribution >= 4 is 37.1 Å². The highest BCUT2D eigenvalue weighted by molar-refractivity contribution is 7.92. The molecule has 2 unspecified atom stereocenters. The van der Waals surface area contributed by atoms with Gasteiger partial charge in [-0.1, -0.05) is 77.3 Å². The first-order valence-electron chi connectivity index (χ1n) is 15.0. The molecule has 6 rings (SSSR count). The second-order valence-corrected chi connectivity index (χ2v) is 17.1. The fraction of sp³-hybridized carbons (Fsp3) is 0.306. The monoisotopic (exact) mass is 664 g/mol. The van der Waals surface area contributed by atoms with Crippen LogP contribution in [0, 0.1) is 31.5 Å². The van der Waals surface area contributed by atoms with Crippen LogP contribution in [0.3, 0.4) is 0 Å². The number of benzene rings is 4. The van der Waals surface area contributed by atoms with Crippen molar-refractivity contribution in [1.82, 2.24) is 0 Å². The predicted molar refractivity (Wildman–Crippen MR) is 173 cm³/mol. The van der Waals surface area contributed by atoms with Gasteiger partial charge < -0.3 is 0 Å². The molecule has 0 amide bonds. The molecular weight excluding hydrogens is 631 g/mol. The Hall–Kier alpha value is -3.33. The van der Waals surface area contributed by atoms with Crippen LogP contribution >= 0.6 is 11.6 Å². The van der Waals surface area contributed by atoms with E-state index in [4.69, 9.17) is 11.6 Å². The lowest BCUT2D eigenvalue weighted by atomic mass is 9.61. The third-order valence-electron chi connectivity index (χ3n) is 9.69. The summed E-state index contributed by atoms with van der Waals surface area (Å²) in [7, 11) is -8.05. The van der Waals surface area contributed by atoms with Crippen molar-refractivity contribution in [2.45, 2.75) is 65.2 Å². The van der Waals surface area contributed by atoms with Crippen LogP contribution in [0.15, 0.2) is 107 Å². The summed E-state index contributed by atoms with van der Waals surface area (Å²) in [6, 6.07) is 26.1. The first kappa shape index (κ1) is 31.6. The third kappa shape index (κ3) is 5.88. The number of carbonyl (C=O) groups is 1.